The van der Waals surface area contributed by atoms with E-state index in [1.807, 2.05) is 42.5 Å². The first kappa shape index (κ1) is 18.1. The van der Waals surface area contributed by atoms with Gasteiger partial charge in [-0.25, -0.2) is 9.67 Å². The van der Waals surface area contributed by atoms with Crippen LogP contribution in [-0.4, -0.2) is 19.9 Å². The molecule has 7 heteroatoms. The number of hydroxylamine groups is 1. The molecule has 1 unspecified atom stereocenters. The molecule has 0 radical (unpaired) electrons. The Balaban J connectivity index is 1.71. The molecule has 134 valence electrons. The molecule has 2 N–H and O–H groups in total. The maximum Gasteiger partial charge on any atom is 0.150 e. The van der Waals surface area contributed by atoms with Crippen molar-refractivity contribution in [1.82, 2.24) is 20.2 Å². The van der Waals surface area contributed by atoms with Gasteiger partial charge in [-0.05, 0) is 23.3 Å². The molecule has 0 amide bonds. The zero-order chi connectivity index (χ0) is 18.4. The normalized spacial score (nSPS) is 13.2. The van der Waals surface area contributed by atoms with Crippen LogP contribution in [0.2, 0.25) is 5.02 Å². The van der Waals surface area contributed by atoms with E-state index in [9.17, 15) is 5.11 Å². The maximum atomic E-state index is 11.3. The second-order valence-corrected chi connectivity index (χ2v) is 6.25. The lowest BCUT2D eigenvalue weighted by molar-refractivity contribution is -0.0147. The number of hydrogen-bond donors (Lipinski definition) is 2. The van der Waals surface area contributed by atoms with Gasteiger partial charge in [-0.2, -0.15) is 5.10 Å². The first-order chi connectivity index (χ1) is 12.6. The Bertz CT molecular complexity index is 838. The number of aliphatic hydroxyl groups is 1. The third-order valence-corrected chi connectivity index (χ3v) is 4.21. The number of hydrogen-bond acceptors (Lipinski definition) is 5. The van der Waals surface area contributed by atoms with E-state index in [-0.39, 0.29) is 6.54 Å². The summed E-state index contributed by atoms with van der Waals surface area (Å²) in [4.78, 5) is 9.43. The molecule has 6 nitrogen and oxygen atoms in total. The first-order valence-electron chi connectivity index (χ1n) is 8.00. The van der Waals surface area contributed by atoms with Crippen LogP contribution >= 0.6 is 11.6 Å². The molecule has 0 aliphatic heterocycles. The second kappa shape index (κ2) is 8.14. The Morgan fingerprint density at radius 1 is 1.19 bits per heavy atom. The number of nitrogens with zero attached hydrogens (tertiary/aromatic N) is 3. The summed E-state index contributed by atoms with van der Waals surface area (Å²) >= 11 is 5.87. The molecule has 0 aliphatic rings. The summed E-state index contributed by atoms with van der Waals surface area (Å²) in [5.41, 5.74) is 3.24. The van der Waals surface area contributed by atoms with Crippen LogP contribution in [0.5, 0.6) is 0 Å². The third-order valence-electron chi connectivity index (χ3n) is 3.96. The van der Waals surface area contributed by atoms with Crippen LogP contribution in [0.15, 0.2) is 79.5 Å². The van der Waals surface area contributed by atoms with Gasteiger partial charge in [-0.1, -0.05) is 60.6 Å². The van der Waals surface area contributed by atoms with Crippen LogP contribution in [0.1, 0.15) is 11.1 Å². The summed E-state index contributed by atoms with van der Waals surface area (Å²) < 4.78 is 1.54. The summed E-state index contributed by atoms with van der Waals surface area (Å²) in [6.45, 7) is 4.40. The molecule has 2 aromatic carbocycles. The quantitative estimate of drug-likeness (QED) is 0.596. The fourth-order valence-corrected chi connectivity index (χ4v) is 2.62. The largest absolute Gasteiger partial charge is 0.377 e. The van der Waals surface area contributed by atoms with Crippen molar-refractivity contribution in [2.75, 3.05) is 0 Å². The van der Waals surface area contributed by atoms with E-state index < -0.39 is 5.60 Å². The number of benzene rings is 2. The van der Waals surface area contributed by atoms with Gasteiger partial charge in [0.25, 0.3) is 0 Å². The number of halogens is 1. The van der Waals surface area contributed by atoms with Crippen LogP contribution in [-0.2, 0) is 23.6 Å². The van der Waals surface area contributed by atoms with Crippen LogP contribution in [0.25, 0.3) is 0 Å². The molecule has 1 heterocycles. The monoisotopic (exact) mass is 370 g/mol. The van der Waals surface area contributed by atoms with Gasteiger partial charge in [0, 0.05) is 5.02 Å². The van der Waals surface area contributed by atoms with E-state index in [2.05, 4.69) is 22.1 Å². The number of rotatable bonds is 8. The molecule has 0 aliphatic carbocycles. The summed E-state index contributed by atoms with van der Waals surface area (Å²) in [6.07, 6.45) is 2.95. The topological polar surface area (TPSA) is 72.2 Å². The number of aromatic nitrogens is 3. The van der Waals surface area contributed by atoms with Crippen LogP contribution < -0.4 is 5.48 Å². The predicted octanol–water partition coefficient (Wildman–Crippen LogP) is 3.05. The summed E-state index contributed by atoms with van der Waals surface area (Å²) in [6, 6.07) is 16.5. The van der Waals surface area contributed by atoms with E-state index in [1.165, 1.54) is 12.7 Å². The van der Waals surface area contributed by atoms with E-state index >= 15 is 0 Å². The Morgan fingerprint density at radius 2 is 1.92 bits per heavy atom. The highest BCUT2D eigenvalue weighted by molar-refractivity contribution is 6.30. The second-order valence-electron chi connectivity index (χ2n) is 5.82. The lowest BCUT2D eigenvalue weighted by atomic mass is 9.91. The SMILES string of the molecule is C=C(NOCc1ccc(Cl)cc1)C(O)(Cn1cncn1)c1ccccc1. The van der Waals surface area contributed by atoms with Gasteiger partial charge < -0.3 is 5.11 Å². The van der Waals surface area contributed by atoms with Crippen molar-refractivity contribution in [2.24, 2.45) is 0 Å². The van der Waals surface area contributed by atoms with Gasteiger partial charge in [0.1, 0.15) is 12.7 Å². The van der Waals surface area contributed by atoms with Gasteiger partial charge in [0.15, 0.2) is 5.60 Å². The Hall–Kier alpha value is -2.67. The van der Waals surface area contributed by atoms with Crippen molar-refractivity contribution >= 4 is 11.6 Å². The Morgan fingerprint density at radius 3 is 2.58 bits per heavy atom. The van der Waals surface area contributed by atoms with Crippen LogP contribution in [0.4, 0.5) is 0 Å². The van der Waals surface area contributed by atoms with E-state index in [0.29, 0.717) is 22.9 Å². The van der Waals surface area contributed by atoms with Gasteiger partial charge in [0.2, 0.25) is 0 Å². The van der Waals surface area contributed by atoms with Crippen LogP contribution in [0, 0.1) is 0 Å². The molecule has 26 heavy (non-hydrogen) atoms. The molecule has 0 saturated heterocycles. The average molecular weight is 371 g/mol. The third kappa shape index (κ3) is 4.29. The summed E-state index contributed by atoms with van der Waals surface area (Å²) in [5.74, 6) is 0. The standard InChI is InChI=1S/C19H19ClN4O2/c1-15(23-26-11-16-7-9-18(20)10-8-16)19(25,12-24-14-21-13-22-24)17-5-3-2-4-6-17/h2-10,13-14,23,25H,1,11-12H2. The van der Waals surface area contributed by atoms with Gasteiger partial charge >= 0.3 is 0 Å². The highest BCUT2D eigenvalue weighted by Gasteiger charge is 2.34. The highest BCUT2D eigenvalue weighted by Crippen LogP contribution is 2.29. The van der Waals surface area contributed by atoms with E-state index in [0.717, 1.165) is 5.56 Å². The van der Waals surface area contributed by atoms with Crippen molar-refractivity contribution in [1.29, 1.82) is 0 Å². The molecule has 1 aromatic heterocycles. The van der Waals surface area contributed by atoms with Crippen molar-refractivity contribution in [3.8, 4) is 0 Å². The smallest absolute Gasteiger partial charge is 0.150 e. The first-order valence-corrected chi connectivity index (χ1v) is 8.38. The van der Waals surface area contributed by atoms with Crippen molar-refractivity contribution < 1.29 is 9.94 Å². The van der Waals surface area contributed by atoms with Crippen LogP contribution in [0.3, 0.4) is 0 Å². The molecular formula is C19H19ClN4O2. The summed E-state index contributed by atoms with van der Waals surface area (Å²) in [7, 11) is 0. The molecule has 1 atom stereocenters. The van der Waals surface area contributed by atoms with Gasteiger partial charge in [0.05, 0.1) is 18.8 Å². The number of nitrogens with one attached hydrogen (secondary N) is 1. The zero-order valence-electron chi connectivity index (χ0n) is 14.0. The van der Waals surface area contributed by atoms with Gasteiger partial charge in [-0.3, -0.25) is 10.3 Å². The lowest BCUT2D eigenvalue weighted by Crippen LogP contribution is -2.39. The average Bonchev–Trinajstić information content (AvgIpc) is 3.16. The maximum absolute atomic E-state index is 11.3. The highest BCUT2D eigenvalue weighted by atomic mass is 35.5. The Labute approximate surface area is 156 Å². The van der Waals surface area contributed by atoms with Crippen molar-refractivity contribution in [2.45, 2.75) is 18.8 Å². The molecule has 0 spiro atoms. The fraction of sp³-hybridized carbons (Fsp3) is 0.158. The molecule has 0 saturated carbocycles. The predicted molar refractivity (Wildman–Crippen MR) is 98.9 cm³/mol. The van der Waals surface area contributed by atoms with E-state index in [1.54, 1.807) is 16.8 Å². The molecular weight excluding hydrogens is 352 g/mol. The fourth-order valence-electron chi connectivity index (χ4n) is 2.50. The van der Waals surface area contributed by atoms with Crippen molar-refractivity contribution in [3.05, 3.63) is 95.7 Å². The van der Waals surface area contributed by atoms with Crippen molar-refractivity contribution in [3.63, 3.8) is 0 Å². The van der Waals surface area contributed by atoms with Gasteiger partial charge in [-0.15, -0.1) is 0 Å². The zero-order valence-corrected chi connectivity index (χ0v) is 14.8. The minimum Gasteiger partial charge on any atom is -0.377 e. The van der Waals surface area contributed by atoms with E-state index in [4.69, 9.17) is 16.4 Å². The molecule has 0 bridgehead atoms. The molecule has 3 rings (SSSR count). The molecule has 0 fully saturated rings. The minimum absolute atomic E-state index is 0.146. The minimum atomic E-state index is -1.42. The Kier molecular flexibility index (Phi) is 5.68. The summed E-state index contributed by atoms with van der Waals surface area (Å²) in [5, 5.41) is 16.0. The molecule has 3 aromatic rings. The lowest BCUT2D eigenvalue weighted by Gasteiger charge is -2.30.